The first-order valence-electron chi connectivity index (χ1n) is 18.8. The van der Waals surface area contributed by atoms with E-state index in [1.807, 2.05) is 18.2 Å². The van der Waals surface area contributed by atoms with E-state index < -0.39 is 0 Å². The maximum absolute atomic E-state index is 5.19. The third-order valence-electron chi connectivity index (χ3n) is 10.8. The van der Waals surface area contributed by atoms with Crippen LogP contribution in [-0.2, 0) is 5.41 Å². The van der Waals surface area contributed by atoms with Gasteiger partial charge >= 0.3 is 0 Å². The molecule has 0 unspecified atom stereocenters. The maximum Gasteiger partial charge on any atom is 0.238 e. The molecule has 0 amide bonds. The summed E-state index contributed by atoms with van der Waals surface area (Å²) in [6.07, 6.45) is 8.30. The lowest BCUT2D eigenvalue weighted by molar-refractivity contribution is 0.590. The van der Waals surface area contributed by atoms with E-state index in [0.717, 1.165) is 68.4 Å². The van der Waals surface area contributed by atoms with Gasteiger partial charge in [0.1, 0.15) is 0 Å². The zero-order valence-electron chi connectivity index (χ0n) is 30.7. The van der Waals surface area contributed by atoms with Gasteiger partial charge in [-0.2, -0.15) is 9.97 Å². The molecular weight excluding hydrogens is 659 g/mol. The molecule has 3 heterocycles. The van der Waals surface area contributed by atoms with E-state index in [-0.39, 0.29) is 5.41 Å². The highest BCUT2D eigenvalue weighted by Gasteiger charge is 2.20. The molecule has 260 valence electrons. The lowest BCUT2D eigenvalue weighted by atomic mass is 9.87. The van der Waals surface area contributed by atoms with Gasteiger partial charge in [0, 0.05) is 32.8 Å². The standard InChI is InChI=1S/C49H39N5/c1-49(2,3)36-24-26-37(27-25-36)53-42-20-12-10-18-38(42)40-28-22-34(30-44(40)53)35-23-29-41-39-19-11-13-21-43(39)54(45(41)31-35)48-51-46(32-14-6-4-7-15-32)50-47(52-48)33-16-8-5-9-17-33/h4-8,10-16,18-31H,9,17H2,1-3H3. The van der Waals surface area contributed by atoms with Crippen LogP contribution in [0.1, 0.15) is 45.0 Å². The van der Waals surface area contributed by atoms with Gasteiger partial charge in [0.25, 0.3) is 0 Å². The van der Waals surface area contributed by atoms with Gasteiger partial charge in [-0.15, -0.1) is 0 Å². The number of nitrogens with zero attached hydrogens (tertiary/aromatic N) is 5. The van der Waals surface area contributed by atoms with Gasteiger partial charge in [0.2, 0.25) is 5.95 Å². The maximum atomic E-state index is 5.19. The molecule has 6 aromatic carbocycles. The Balaban J connectivity index is 1.18. The Labute approximate surface area is 314 Å². The molecule has 0 atom stereocenters. The molecule has 5 nitrogen and oxygen atoms in total. The minimum Gasteiger partial charge on any atom is -0.309 e. The molecular formula is C49H39N5. The van der Waals surface area contributed by atoms with Crippen molar-refractivity contribution in [2.45, 2.75) is 39.0 Å². The average molecular weight is 698 g/mol. The quantitative estimate of drug-likeness (QED) is 0.180. The SMILES string of the molecule is CC(C)(C)c1ccc(-n2c3ccccc3c3ccc(-c4ccc5c6ccccc6n(-c6nc(C7=CC=CCC7)nc(-c7ccccc7)n6)c5c4)cc32)cc1. The molecule has 9 aromatic rings. The number of rotatable bonds is 5. The highest BCUT2D eigenvalue weighted by atomic mass is 15.2. The van der Waals surface area contributed by atoms with Gasteiger partial charge in [-0.05, 0) is 76.9 Å². The van der Waals surface area contributed by atoms with Gasteiger partial charge in [0.05, 0.1) is 22.1 Å². The van der Waals surface area contributed by atoms with Crippen molar-refractivity contribution in [3.05, 3.63) is 169 Å². The Bertz CT molecular complexity index is 2950. The van der Waals surface area contributed by atoms with E-state index in [9.17, 15) is 0 Å². The first-order valence-corrected chi connectivity index (χ1v) is 18.8. The fourth-order valence-corrected chi connectivity index (χ4v) is 8.02. The molecule has 0 spiro atoms. The predicted molar refractivity (Wildman–Crippen MR) is 224 cm³/mol. The number of fused-ring (bicyclic) bond motifs is 6. The molecule has 1 aliphatic carbocycles. The minimum atomic E-state index is 0.0874. The summed E-state index contributed by atoms with van der Waals surface area (Å²) in [5.41, 5.74) is 11.4. The van der Waals surface area contributed by atoms with E-state index in [2.05, 4.69) is 169 Å². The molecule has 0 saturated carbocycles. The van der Waals surface area contributed by atoms with Gasteiger partial charge in [-0.3, -0.25) is 4.57 Å². The summed E-state index contributed by atoms with van der Waals surface area (Å²) in [5, 5.41) is 4.81. The smallest absolute Gasteiger partial charge is 0.238 e. The first kappa shape index (κ1) is 32.1. The van der Waals surface area contributed by atoms with Crippen LogP contribution in [0.4, 0.5) is 0 Å². The molecule has 3 aromatic heterocycles. The molecule has 0 N–H and O–H groups in total. The average Bonchev–Trinajstić information content (AvgIpc) is 3.73. The van der Waals surface area contributed by atoms with Crippen molar-refractivity contribution in [3.8, 4) is 34.2 Å². The van der Waals surface area contributed by atoms with Crippen LogP contribution in [0.2, 0.25) is 0 Å². The number of benzene rings is 6. The van der Waals surface area contributed by atoms with E-state index in [1.165, 1.54) is 27.4 Å². The van der Waals surface area contributed by atoms with Crippen molar-refractivity contribution in [2.75, 3.05) is 0 Å². The molecule has 54 heavy (non-hydrogen) atoms. The number of allylic oxidation sites excluding steroid dienone is 4. The molecule has 5 heteroatoms. The number of aromatic nitrogens is 5. The Morgan fingerprint density at radius 3 is 1.70 bits per heavy atom. The number of hydrogen-bond acceptors (Lipinski definition) is 3. The van der Waals surface area contributed by atoms with Crippen molar-refractivity contribution in [1.82, 2.24) is 24.1 Å². The van der Waals surface area contributed by atoms with Gasteiger partial charge in [0.15, 0.2) is 11.6 Å². The van der Waals surface area contributed by atoms with E-state index in [1.54, 1.807) is 0 Å². The topological polar surface area (TPSA) is 48.5 Å². The second kappa shape index (κ2) is 12.5. The van der Waals surface area contributed by atoms with Crippen LogP contribution in [0.15, 0.2) is 158 Å². The van der Waals surface area contributed by atoms with Crippen LogP contribution < -0.4 is 0 Å². The van der Waals surface area contributed by atoms with Crippen LogP contribution >= 0.6 is 0 Å². The fourth-order valence-electron chi connectivity index (χ4n) is 8.02. The van der Waals surface area contributed by atoms with Crippen LogP contribution in [-0.4, -0.2) is 24.1 Å². The summed E-state index contributed by atoms with van der Waals surface area (Å²) >= 11 is 0. The minimum absolute atomic E-state index is 0.0874. The summed E-state index contributed by atoms with van der Waals surface area (Å²) in [7, 11) is 0. The van der Waals surface area contributed by atoms with Gasteiger partial charge in [-0.25, -0.2) is 4.98 Å². The molecule has 10 rings (SSSR count). The van der Waals surface area contributed by atoms with Crippen molar-refractivity contribution in [1.29, 1.82) is 0 Å². The lowest BCUT2D eigenvalue weighted by Crippen LogP contribution is -2.10. The number of hydrogen-bond donors (Lipinski definition) is 0. The Morgan fingerprint density at radius 2 is 1.07 bits per heavy atom. The zero-order valence-corrected chi connectivity index (χ0v) is 30.7. The van der Waals surface area contributed by atoms with Crippen molar-refractivity contribution in [2.24, 2.45) is 0 Å². The van der Waals surface area contributed by atoms with Crippen LogP contribution in [0.5, 0.6) is 0 Å². The Morgan fingerprint density at radius 1 is 0.500 bits per heavy atom. The third kappa shape index (κ3) is 5.35. The van der Waals surface area contributed by atoms with E-state index >= 15 is 0 Å². The van der Waals surface area contributed by atoms with Crippen molar-refractivity contribution in [3.63, 3.8) is 0 Å². The summed E-state index contributed by atoms with van der Waals surface area (Å²) in [6, 6.07) is 50.2. The largest absolute Gasteiger partial charge is 0.309 e. The van der Waals surface area contributed by atoms with Crippen LogP contribution in [0.3, 0.4) is 0 Å². The summed E-state index contributed by atoms with van der Waals surface area (Å²) < 4.78 is 4.63. The number of para-hydroxylation sites is 2. The second-order valence-corrected chi connectivity index (χ2v) is 15.3. The predicted octanol–water partition coefficient (Wildman–Crippen LogP) is 12.4. The second-order valence-electron chi connectivity index (χ2n) is 15.3. The fraction of sp³-hybridized carbons (Fsp3) is 0.122. The first-order chi connectivity index (χ1) is 26.4. The molecule has 0 saturated heterocycles. The van der Waals surface area contributed by atoms with E-state index in [4.69, 9.17) is 15.0 Å². The molecule has 0 bridgehead atoms. The van der Waals surface area contributed by atoms with Crippen LogP contribution in [0.25, 0.3) is 83.3 Å². The molecule has 0 radical (unpaired) electrons. The summed E-state index contributed by atoms with van der Waals surface area (Å²) in [4.78, 5) is 15.4. The van der Waals surface area contributed by atoms with Gasteiger partial charge in [-0.1, -0.05) is 142 Å². The van der Waals surface area contributed by atoms with Crippen molar-refractivity contribution < 1.29 is 0 Å². The normalized spacial score (nSPS) is 13.4. The molecule has 0 aliphatic heterocycles. The molecule has 0 fully saturated rings. The van der Waals surface area contributed by atoms with Crippen LogP contribution in [0, 0.1) is 0 Å². The Kier molecular flexibility index (Phi) is 7.44. The van der Waals surface area contributed by atoms with Crippen molar-refractivity contribution >= 4 is 49.2 Å². The van der Waals surface area contributed by atoms with E-state index in [0.29, 0.717) is 11.8 Å². The summed E-state index contributed by atoms with van der Waals surface area (Å²) in [6.45, 7) is 6.79. The third-order valence-corrected chi connectivity index (χ3v) is 10.8. The highest BCUT2D eigenvalue weighted by molar-refractivity contribution is 6.12. The molecule has 1 aliphatic rings. The zero-order chi connectivity index (χ0) is 36.4. The summed E-state index contributed by atoms with van der Waals surface area (Å²) in [5.74, 6) is 2.01. The Hall–Kier alpha value is -6.59. The lowest BCUT2D eigenvalue weighted by Gasteiger charge is -2.19. The monoisotopic (exact) mass is 697 g/mol. The van der Waals surface area contributed by atoms with Gasteiger partial charge < -0.3 is 4.57 Å². The highest BCUT2D eigenvalue weighted by Crippen LogP contribution is 2.38.